The minimum Gasteiger partial charge on any atom is -0.493 e. The van der Waals surface area contributed by atoms with Crippen molar-refractivity contribution >= 4 is 43.5 Å². The molecule has 49 heavy (non-hydrogen) atoms. The summed E-state index contributed by atoms with van der Waals surface area (Å²) in [6, 6.07) is 25.6. The number of anilines is 1. The van der Waals surface area contributed by atoms with Crippen molar-refractivity contribution in [3.05, 3.63) is 118 Å². The molecule has 0 saturated heterocycles. The van der Waals surface area contributed by atoms with E-state index in [4.69, 9.17) is 9.47 Å². The Balaban J connectivity index is 1.85. The number of aryl methyl sites for hydroxylation is 2. The number of nitrogens with one attached hydrogen (secondary N) is 1. The highest BCUT2D eigenvalue weighted by Crippen LogP contribution is 2.33. The summed E-state index contributed by atoms with van der Waals surface area (Å²) in [5, 5.41) is 3.06. The van der Waals surface area contributed by atoms with Gasteiger partial charge in [-0.25, -0.2) is 8.42 Å². The van der Waals surface area contributed by atoms with Gasteiger partial charge in [-0.05, 0) is 85.8 Å². The van der Waals surface area contributed by atoms with Gasteiger partial charge >= 0.3 is 0 Å². The van der Waals surface area contributed by atoms with Crippen molar-refractivity contribution < 1.29 is 27.5 Å². The Hall–Kier alpha value is -4.35. The van der Waals surface area contributed by atoms with E-state index in [9.17, 15) is 18.0 Å². The van der Waals surface area contributed by atoms with Crippen LogP contribution in [-0.2, 0) is 32.6 Å². The molecular formula is C38H44BrN3O6S. The zero-order valence-electron chi connectivity index (χ0n) is 28.8. The van der Waals surface area contributed by atoms with E-state index in [1.54, 1.807) is 12.1 Å². The van der Waals surface area contributed by atoms with E-state index in [-0.39, 0.29) is 35.6 Å². The Morgan fingerprint density at radius 3 is 2.06 bits per heavy atom. The molecule has 11 heteroatoms. The van der Waals surface area contributed by atoms with Gasteiger partial charge in [0.25, 0.3) is 10.0 Å². The molecule has 2 unspecified atom stereocenters. The highest BCUT2D eigenvalue weighted by atomic mass is 79.9. The lowest BCUT2D eigenvalue weighted by Crippen LogP contribution is -2.54. The molecule has 0 bridgehead atoms. The van der Waals surface area contributed by atoms with Gasteiger partial charge in [0.2, 0.25) is 11.8 Å². The van der Waals surface area contributed by atoms with Crippen molar-refractivity contribution in [2.75, 3.05) is 25.1 Å². The molecule has 0 fully saturated rings. The summed E-state index contributed by atoms with van der Waals surface area (Å²) in [5.41, 5.74) is 3.64. The summed E-state index contributed by atoms with van der Waals surface area (Å²) < 4.78 is 41.8. The molecule has 0 radical (unpaired) electrons. The molecule has 0 heterocycles. The van der Waals surface area contributed by atoms with Crippen LogP contribution in [0.15, 0.2) is 100 Å². The largest absolute Gasteiger partial charge is 0.493 e. The molecule has 4 aromatic carbocycles. The Morgan fingerprint density at radius 1 is 0.837 bits per heavy atom. The number of nitrogens with zero attached hydrogens (tertiary/aromatic N) is 2. The third kappa shape index (κ3) is 9.64. The van der Waals surface area contributed by atoms with Gasteiger partial charge in [-0.3, -0.25) is 13.9 Å². The van der Waals surface area contributed by atoms with E-state index >= 15 is 0 Å². The molecule has 260 valence electrons. The first-order valence-electron chi connectivity index (χ1n) is 16.1. The van der Waals surface area contributed by atoms with Gasteiger partial charge in [-0.2, -0.15) is 0 Å². The number of hydrogen-bond donors (Lipinski definition) is 1. The average molecular weight is 751 g/mol. The number of benzene rings is 4. The molecule has 9 nitrogen and oxygen atoms in total. The van der Waals surface area contributed by atoms with Crippen LogP contribution in [-0.4, -0.2) is 58.0 Å². The number of ether oxygens (including phenoxy) is 2. The topological polar surface area (TPSA) is 105 Å². The summed E-state index contributed by atoms with van der Waals surface area (Å²) in [6.45, 7) is 7.15. The predicted molar refractivity (Wildman–Crippen MR) is 197 cm³/mol. The van der Waals surface area contributed by atoms with Gasteiger partial charge < -0.3 is 19.7 Å². The van der Waals surface area contributed by atoms with E-state index in [1.165, 1.54) is 37.3 Å². The van der Waals surface area contributed by atoms with Crippen LogP contribution in [0.1, 0.15) is 42.5 Å². The number of carbonyl (C=O) groups excluding carboxylic acids is 2. The Kier molecular flexibility index (Phi) is 12.9. The summed E-state index contributed by atoms with van der Waals surface area (Å²) in [7, 11) is -1.44. The fraction of sp³-hybridized carbons (Fsp3) is 0.316. The number of carbonyl (C=O) groups is 2. The van der Waals surface area contributed by atoms with Crippen molar-refractivity contribution in [3.8, 4) is 11.5 Å². The number of halogens is 1. The van der Waals surface area contributed by atoms with Crippen LogP contribution in [0.4, 0.5) is 5.69 Å². The fourth-order valence-electron chi connectivity index (χ4n) is 5.51. The summed E-state index contributed by atoms with van der Waals surface area (Å²) in [6.07, 6.45) is 0.936. The third-order valence-electron chi connectivity index (χ3n) is 8.25. The van der Waals surface area contributed by atoms with Crippen LogP contribution in [0.25, 0.3) is 0 Å². The van der Waals surface area contributed by atoms with Crippen LogP contribution < -0.4 is 19.1 Å². The first-order valence-corrected chi connectivity index (χ1v) is 18.3. The molecule has 0 saturated carbocycles. The van der Waals surface area contributed by atoms with Crippen LogP contribution in [0.5, 0.6) is 11.5 Å². The zero-order chi connectivity index (χ0) is 35.7. The van der Waals surface area contributed by atoms with Gasteiger partial charge in [0.15, 0.2) is 11.5 Å². The normalized spacial score (nSPS) is 12.5. The number of rotatable bonds is 15. The van der Waals surface area contributed by atoms with Gasteiger partial charge in [-0.1, -0.05) is 71.4 Å². The van der Waals surface area contributed by atoms with Crippen molar-refractivity contribution in [2.45, 2.75) is 64.1 Å². The first kappa shape index (κ1) is 37.5. The lowest BCUT2D eigenvalue weighted by atomic mass is 10.0. The van der Waals surface area contributed by atoms with Crippen LogP contribution in [0.3, 0.4) is 0 Å². The maximum atomic E-state index is 14.7. The molecule has 4 aromatic rings. The van der Waals surface area contributed by atoms with Gasteiger partial charge in [0, 0.05) is 29.5 Å². The molecule has 4 rings (SSSR count). The number of sulfonamides is 1. The number of hydrogen-bond acceptors (Lipinski definition) is 6. The molecule has 0 aliphatic carbocycles. The third-order valence-corrected chi connectivity index (χ3v) is 10.6. The molecule has 0 spiro atoms. The Morgan fingerprint density at radius 2 is 1.47 bits per heavy atom. The number of amides is 2. The maximum absolute atomic E-state index is 14.7. The first-order chi connectivity index (χ1) is 23.4. The maximum Gasteiger partial charge on any atom is 0.264 e. The van der Waals surface area contributed by atoms with E-state index < -0.39 is 28.5 Å². The van der Waals surface area contributed by atoms with Gasteiger partial charge in [0.1, 0.15) is 12.6 Å². The van der Waals surface area contributed by atoms with Crippen molar-refractivity contribution in [1.29, 1.82) is 0 Å². The highest BCUT2D eigenvalue weighted by Gasteiger charge is 2.35. The van der Waals surface area contributed by atoms with Crippen molar-refractivity contribution in [3.63, 3.8) is 0 Å². The molecule has 0 aromatic heterocycles. The summed E-state index contributed by atoms with van der Waals surface area (Å²) >= 11 is 3.47. The standard InChI is InChI=1S/C38H44BrN3O6S/c1-7-28(4)40-38(44)34(22-29-11-9-8-10-12-29)41(24-30-13-15-31(39)16-14-30)37(43)25-42(32-20-26(2)19-27(3)21-32)49(45,46)33-17-18-35(47-5)36(23-33)48-6/h8-21,23,28,34H,7,22,24-25H2,1-6H3,(H,40,44). The average Bonchev–Trinajstić information content (AvgIpc) is 3.08. The lowest BCUT2D eigenvalue weighted by molar-refractivity contribution is -0.140. The van der Waals surface area contributed by atoms with Crippen molar-refractivity contribution in [1.82, 2.24) is 10.2 Å². The highest BCUT2D eigenvalue weighted by molar-refractivity contribution is 9.10. The second kappa shape index (κ2) is 16.8. The molecule has 2 atom stereocenters. The number of methoxy groups -OCH3 is 2. The van der Waals surface area contributed by atoms with E-state index in [1.807, 2.05) is 88.4 Å². The molecule has 0 aliphatic rings. The minimum absolute atomic E-state index is 0.0769. The molecule has 2 amide bonds. The smallest absolute Gasteiger partial charge is 0.264 e. The van der Waals surface area contributed by atoms with Gasteiger partial charge in [-0.15, -0.1) is 0 Å². The van der Waals surface area contributed by atoms with Crippen LogP contribution in [0.2, 0.25) is 0 Å². The predicted octanol–water partition coefficient (Wildman–Crippen LogP) is 6.83. The van der Waals surface area contributed by atoms with E-state index in [0.29, 0.717) is 17.9 Å². The Labute approximate surface area is 298 Å². The minimum atomic E-state index is -4.34. The van der Waals surface area contributed by atoms with Crippen LogP contribution >= 0.6 is 15.9 Å². The van der Waals surface area contributed by atoms with Crippen molar-refractivity contribution in [2.24, 2.45) is 0 Å². The monoisotopic (exact) mass is 749 g/mol. The SMILES string of the molecule is CCC(C)NC(=O)C(Cc1ccccc1)N(Cc1ccc(Br)cc1)C(=O)CN(c1cc(C)cc(C)c1)S(=O)(=O)c1ccc(OC)c(OC)c1. The summed E-state index contributed by atoms with van der Waals surface area (Å²) in [5.74, 6) is -0.250. The second-order valence-corrected chi connectivity index (χ2v) is 14.8. The zero-order valence-corrected chi connectivity index (χ0v) is 31.2. The Bertz CT molecular complexity index is 1830. The van der Waals surface area contributed by atoms with E-state index in [2.05, 4.69) is 21.2 Å². The lowest BCUT2D eigenvalue weighted by Gasteiger charge is -2.34. The van der Waals surface area contributed by atoms with Crippen LogP contribution in [0, 0.1) is 13.8 Å². The van der Waals surface area contributed by atoms with Gasteiger partial charge in [0.05, 0.1) is 24.8 Å². The summed E-state index contributed by atoms with van der Waals surface area (Å²) in [4.78, 5) is 30.2. The molecule has 1 N–H and O–H groups in total. The molecule has 0 aliphatic heterocycles. The fourth-order valence-corrected chi connectivity index (χ4v) is 7.19. The quantitative estimate of drug-likeness (QED) is 0.143. The second-order valence-electron chi connectivity index (χ2n) is 12.0. The van der Waals surface area contributed by atoms with E-state index in [0.717, 1.165) is 31.0 Å². The molecular weight excluding hydrogens is 706 g/mol.